The van der Waals surface area contributed by atoms with Gasteiger partial charge in [0.25, 0.3) is 0 Å². The number of para-hydroxylation sites is 1. The van der Waals surface area contributed by atoms with Gasteiger partial charge < -0.3 is 10.1 Å². The molecule has 144 valence electrons. The monoisotopic (exact) mass is 446 g/mol. The Morgan fingerprint density at radius 1 is 0.966 bits per heavy atom. The number of carbonyl (C=O) groups is 1. The van der Waals surface area contributed by atoms with Crippen LogP contribution in [0.2, 0.25) is 0 Å². The van der Waals surface area contributed by atoms with E-state index < -0.39 is 11.9 Å². The first-order chi connectivity index (χ1) is 14.1. The summed E-state index contributed by atoms with van der Waals surface area (Å²) in [5.74, 6) is -1.57. The maximum Gasteiger partial charge on any atom is 0.311 e. The molecule has 0 spiro atoms. The fourth-order valence-corrected chi connectivity index (χ4v) is 3.70. The first-order valence-corrected chi connectivity index (χ1v) is 10.1. The molecule has 0 amide bonds. The molecule has 29 heavy (non-hydrogen) atoms. The zero-order valence-corrected chi connectivity index (χ0v) is 17.1. The minimum Gasteiger partial charge on any atom is -0.481 e. The normalized spacial score (nSPS) is 12.8. The van der Waals surface area contributed by atoms with Crippen LogP contribution in [0.25, 0.3) is 10.9 Å². The molecular formula is C24H19BrN2O2. The molecular weight excluding hydrogens is 428 g/mol. The Labute approximate surface area is 177 Å². The predicted octanol–water partition coefficient (Wildman–Crippen LogP) is 6.31. The Kier molecular flexibility index (Phi) is 5.58. The summed E-state index contributed by atoms with van der Waals surface area (Å²) in [5.41, 5.74) is 4.15. The van der Waals surface area contributed by atoms with Crippen LogP contribution in [0.3, 0.4) is 0 Å². The van der Waals surface area contributed by atoms with Crippen LogP contribution in [0.5, 0.6) is 0 Å². The van der Waals surface area contributed by atoms with E-state index in [-0.39, 0.29) is 6.42 Å². The molecule has 0 aliphatic rings. The highest BCUT2D eigenvalue weighted by atomic mass is 79.9. The number of benzene rings is 3. The number of aromatic nitrogens is 1. The molecule has 0 saturated heterocycles. The van der Waals surface area contributed by atoms with Crippen LogP contribution in [0.15, 0.2) is 94.5 Å². The van der Waals surface area contributed by atoms with Crippen molar-refractivity contribution in [1.29, 1.82) is 0 Å². The second-order valence-electron chi connectivity index (χ2n) is 6.79. The summed E-state index contributed by atoms with van der Waals surface area (Å²) >= 11 is 3.44. The summed E-state index contributed by atoms with van der Waals surface area (Å²) in [7, 11) is 0. The van der Waals surface area contributed by atoms with Crippen LogP contribution < -0.4 is 0 Å². The second kappa shape index (κ2) is 8.45. The second-order valence-corrected chi connectivity index (χ2v) is 7.70. The maximum atomic E-state index is 12.2. The van der Waals surface area contributed by atoms with Gasteiger partial charge in [0.05, 0.1) is 11.6 Å². The molecule has 0 aliphatic heterocycles. The van der Waals surface area contributed by atoms with E-state index in [2.05, 4.69) is 20.9 Å². The van der Waals surface area contributed by atoms with E-state index in [4.69, 9.17) is 4.99 Å². The van der Waals surface area contributed by atoms with Crippen molar-refractivity contribution in [2.45, 2.75) is 12.3 Å². The number of aromatic amines is 1. The van der Waals surface area contributed by atoms with Crippen LogP contribution in [0.4, 0.5) is 5.69 Å². The number of hydrogen-bond donors (Lipinski definition) is 2. The number of hydrogen-bond acceptors (Lipinski definition) is 2. The average molecular weight is 447 g/mol. The van der Waals surface area contributed by atoms with Gasteiger partial charge in [-0.25, -0.2) is 0 Å². The number of carboxylic acids is 1. The molecule has 4 rings (SSSR count). The number of aliphatic carboxylic acids is 1. The third kappa shape index (κ3) is 4.30. The number of H-pyrrole nitrogens is 1. The van der Waals surface area contributed by atoms with Gasteiger partial charge in [-0.15, -0.1) is 0 Å². The van der Waals surface area contributed by atoms with Crippen LogP contribution in [-0.4, -0.2) is 21.8 Å². The summed E-state index contributed by atoms with van der Waals surface area (Å²) in [5, 5.41) is 11.0. The lowest BCUT2D eigenvalue weighted by Gasteiger charge is -2.15. The number of nitrogens with one attached hydrogen (secondary N) is 1. The van der Waals surface area contributed by atoms with E-state index in [1.165, 1.54) is 0 Å². The van der Waals surface area contributed by atoms with Gasteiger partial charge in [-0.3, -0.25) is 9.79 Å². The van der Waals surface area contributed by atoms with Gasteiger partial charge in [0, 0.05) is 33.7 Å². The molecule has 1 unspecified atom stereocenters. The Bertz CT molecular complexity index is 1160. The number of nitrogens with zero attached hydrogens (tertiary/aromatic N) is 1. The van der Waals surface area contributed by atoms with Crippen LogP contribution in [0, 0.1) is 0 Å². The quantitative estimate of drug-likeness (QED) is 0.340. The van der Waals surface area contributed by atoms with Crippen molar-refractivity contribution in [2.24, 2.45) is 4.99 Å². The smallest absolute Gasteiger partial charge is 0.311 e. The molecule has 4 nitrogen and oxygen atoms in total. The number of aliphatic imine (C=N–C) groups is 1. The number of halogens is 1. The van der Waals surface area contributed by atoms with E-state index in [9.17, 15) is 9.90 Å². The summed E-state index contributed by atoms with van der Waals surface area (Å²) in [4.78, 5) is 20.2. The highest BCUT2D eigenvalue weighted by Gasteiger charge is 2.25. The van der Waals surface area contributed by atoms with Gasteiger partial charge >= 0.3 is 5.97 Å². The molecule has 1 atom stereocenters. The molecule has 3 aromatic carbocycles. The van der Waals surface area contributed by atoms with Crippen molar-refractivity contribution in [2.75, 3.05) is 0 Å². The molecule has 0 bridgehead atoms. The highest BCUT2D eigenvalue weighted by Crippen LogP contribution is 2.30. The number of rotatable bonds is 6. The standard InChI is InChI=1S/C24H19BrN2O2/c25-17-10-12-18(13-11-17)27-23(16-6-2-1-3-7-16)14-20(24(28)29)21-15-26-22-9-5-4-8-19(21)22/h1-13,15,20,26H,14H2,(H,28,29). The van der Waals surface area contributed by atoms with Crippen molar-refractivity contribution < 1.29 is 9.90 Å². The lowest BCUT2D eigenvalue weighted by molar-refractivity contribution is -0.138. The fourth-order valence-electron chi connectivity index (χ4n) is 3.44. The molecule has 1 heterocycles. The SMILES string of the molecule is O=C(O)C(CC(=Nc1ccc(Br)cc1)c1ccccc1)c1c[nH]c2ccccc12. The first-order valence-electron chi connectivity index (χ1n) is 9.29. The van der Waals surface area contributed by atoms with Crippen LogP contribution in [0.1, 0.15) is 23.5 Å². The van der Waals surface area contributed by atoms with E-state index in [0.717, 1.165) is 37.9 Å². The average Bonchev–Trinajstić information content (AvgIpc) is 3.17. The van der Waals surface area contributed by atoms with Gasteiger partial charge in [-0.1, -0.05) is 64.5 Å². The van der Waals surface area contributed by atoms with Crippen molar-refractivity contribution in [3.05, 3.63) is 101 Å². The molecule has 0 saturated carbocycles. The minimum atomic E-state index is -0.866. The molecule has 0 aliphatic carbocycles. The molecule has 5 heteroatoms. The van der Waals surface area contributed by atoms with E-state index in [0.29, 0.717) is 0 Å². The minimum absolute atomic E-state index is 0.289. The van der Waals surface area contributed by atoms with Gasteiger partial charge in [-0.05, 0) is 41.5 Å². The van der Waals surface area contributed by atoms with E-state index >= 15 is 0 Å². The van der Waals surface area contributed by atoms with Crippen molar-refractivity contribution >= 4 is 44.2 Å². The zero-order chi connectivity index (χ0) is 20.2. The Morgan fingerprint density at radius 2 is 1.66 bits per heavy atom. The Balaban J connectivity index is 1.77. The summed E-state index contributed by atoms with van der Waals surface area (Å²) in [6.07, 6.45) is 2.09. The van der Waals surface area contributed by atoms with Gasteiger partial charge in [0.1, 0.15) is 0 Å². The zero-order valence-electron chi connectivity index (χ0n) is 15.5. The van der Waals surface area contributed by atoms with E-state index in [1.807, 2.05) is 78.9 Å². The summed E-state index contributed by atoms with van der Waals surface area (Å²) in [6, 6.07) is 25.2. The largest absolute Gasteiger partial charge is 0.481 e. The Hall–Kier alpha value is -3.18. The third-order valence-electron chi connectivity index (χ3n) is 4.89. The van der Waals surface area contributed by atoms with E-state index in [1.54, 1.807) is 6.20 Å². The van der Waals surface area contributed by atoms with Crippen molar-refractivity contribution in [1.82, 2.24) is 4.98 Å². The molecule has 4 aromatic rings. The lowest BCUT2D eigenvalue weighted by atomic mass is 9.90. The fraction of sp³-hybridized carbons (Fsp3) is 0.0833. The lowest BCUT2D eigenvalue weighted by Crippen LogP contribution is -2.16. The molecule has 0 fully saturated rings. The number of carboxylic acid groups (broad SMARTS) is 1. The topological polar surface area (TPSA) is 65.4 Å². The van der Waals surface area contributed by atoms with Crippen LogP contribution in [-0.2, 0) is 4.79 Å². The van der Waals surface area contributed by atoms with Gasteiger partial charge in [0.2, 0.25) is 0 Å². The summed E-state index contributed by atoms with van der Waals surface area (Å²) < 4.78 is 0.972. The van der Waals surface area contributed by atoms with Crippen molar-refractivity contribution in [3.8, 4) is 0 Å². The highest BCUT2D eigenvalue weighted by molar-refractivity contribution is 9.10. The Morgan fingerprint density at radius 3 is 2.38 bits per heavy atom. The van der Waals surface area contributed by atoms with Gasteiger partial charge in [-0.2, -0.15) is 0 Å². The predicted molar refractivity (Wildman–Crippen MR) is 120 cm³/mol. The van der Waals surface area contributed by atoms with Crippen molar-refractivity contribution in [3.63, 3.8) is 0 Å². The molecule has 2 N–H and O–H groups in total. The maximum absolute atomic E-state index is 12.2. The summed E-state index contributed by atoms with van der Waals surface area (Å²) in [6.45, 7) is 0. The van der Waals surface area contributed by atoms with Crippen LogP contribution >= 0.6 is 15.9 Å². The van der Waals surface area contributed by atoms with Gasteiger partial charge in [0.15, 0.2) is 0 Å². The first kappa shape index (κ1) is 19.2. The molecule has 1 aromatic heterocycles. The third-order valence-corrected chi connectivity index (χ3v) is 5.42. The number of fused-ring (bicyclic) bond motifs is 1. The molecule has 0 radical (unpaired) electrons.